The van der Waals surface area contributed by atoms with Crippen LogP contribution in [0.5, 0.6) is 0 Å². The number of alkyl halides is 1. The van der Waals surface area contributed by atoms with Crippen molar-refractivity contribution in [1.82, 2.24) is 9.71 Å². The third kappa shape index (κ3) is 4.14. The van der Waals surface area contributed by atoms with Crippen molar-refractivity contribution in [3.8, 4) is 0 Å². The molecule has 0 fully saturated rings. The predicted molar refractivity (Wildman–Crippen MR) is 81.2 cm³/mol. The van der Waals surface area contributed by atoms with Gasteiger partial charge in [0.25, 0.3) is 0 Å². The molecule has 0 aliphatic rings. The lowest BCUT2D eigenvalue weighted by Gasteiger charge is -2.33. The number of nitrogens with one attached hydrogen (secondary N) is 1. The van der Waals surface area contributed by atoms with E-state index in [0.717, 1.165) is 6.07 Å². The smallest absolute Gasteiger partial charge is 0.179 e. The van der Waals surface area contributed by atoms with Gasteiger partial charge in [-0.25, -0.2) is 22.7 Å². The Labute approximate surface area is 133 Å². The summed E-state index contributed by atoms with van der Waals surface area (Å²) >= 11 is 3.07. The molecular formula is C13H17BrF2N2O2S. The molecular weight excluding hydrogens is 366 g/mol. The molecule has 21 heavy (non-hydrogen) atoms. The lowest BCUT2D eigenvalue weighted by Crippen LogP contribution is -2.53. The van der Waals surface area contributed by atoms with Gasteiger partial charge in [-0.15, -0.1) is 0 Å². The van der Waals surface area contributed by atoms with E-state index in [4.69, 9.17) is 0 Å². The number of rotatable bonds is 5. The zero-order chi connectivity index (χ0) is 16.4. The monoisotopic (exact) mass is 382 g/mol. The average Bonchev–Trinajstić information content (AvgIpc) is 2.39. The minimum atomic E-state index is -2.11. The summed E-state index contributed by atoms with van der Waals surface area (Å²) in [7, 11) is -1.72. The maximum Gasteiger partial charge on any atom is 0.179 e. The summed E-state index contributed by atoms with van der Waals surface area (Å²) in [5.74, 6) is -0.788. The van der Waals surface area contributed by atoms with Gasteiger partial charge >= 0.3 is 0 Å². The van der Waals surface area contributed by atoms with Crippen LogP contribution in [0, 0.1) is 5.82 Å². The maximum absolute atomic E-state index is 14.1. The van der Waals surface area contributed by atoms with E-state index in [9.17, 15) is 17.8 Å². The van der Waals surface area contributed by atoms with E-state index in [-0.39, 0.29) is 16.6 Å². The summed E-state index contributed by atoms with van der Waals surface area (Å²) in [6, 6.07) is 2.46. The Balaban J connectivity index is 3.37. The Kier molecular flexibility index (Phi) is 5.74. The first-order valence-electron chi connectivity index (χ1n) is 6.14. The predicted octanol–water partition coefficient (Wildman–Crippen LogP) is 2.79. The molecule has 0 spiro atoms. The van der Waals surface area contributed by atoms with Crippen molar-refractivity contribution >= 4 is 33.2 Å². The van der Waals surface area contributed by atoms with Gasteiger partial charge in [-0.05, 0) is 55.8 Å². The fraction of sp³-hybridized carbons (Fsp3) is 0.538. The first kappa shape index (κ1) is 18.3. The summed E-state index contributed by atoms with van der Waals surface area (Å²) in [6.45, 7) is 6.29. The van der Waals surface area contributed by atoms with E-state index >= 15 is 0 Å². The molecule has 118 valence electrons. The van der Waals surface area contributed by atoms with E-state index in [1.54, 1.807) is 20.8 Å². The molecule has 0 saturated carbocycles. The number of halogens is 3. The number of pyridine rings is 1. The van der Waals surface area contributed by atoms with Crippen molar-refractivity contribution in [2.45, 2.75) is 44.2 Å². The standard InChI is InChI=1S/C13H17BrF2N2O2S/c1-12(2,3)21(20)18-13(4,9(16)7-19)11-8(15)5-6-10(14)17-11/h5-7,9,18H,1-4H3/t9-,13-,21+/m0/s1. The van der Waals surface area contributed by atoms with Crippen molar-refractivity contribution in [3.63, 3.8) is 0 Å². The normalized spacial score (nSPS) is 17.9. The molecule has 0 aliphatic heterocycles. The van der Waals surface area contributed by atoms with Gasteiger partial charge in [0, 0.05) is 0 Å². The molecule has 8 heteroatoms. The van der Waals surface area contributed by atoms with Crippen LogP contribution in [-0.2, 0) is 21.3 Å². The first-order valence-corrected chi connectivity index (χ1v) is 8.08. The lowest BCUT2D eigenvalue weighted by atomic mass is 9.93. The summed E-state index contributed by atoms with van der Waals surface area (Å²) in [4.78, 5) is 14.8. The topological polar surface area (TPSA) is 59.1 Å². The number of hydrogen-bond donors (Lipinski definition) is 1. The quantitative estimate of drug-likeness (QED) is 0.629. The van der Waals surface area contributed by atoms with Crippen LogP contribution in [-0.4, -0.2) is 26.4 Å². The third-order valence-electron chi connectivity index (χ3n) is 2.84. The molecule has 1 rings (SSSR count). The van der Waals surface area contributed by atoms with Gasteiger partial charge in [-0.2, -0.15) is 0 Å². The molecule has 0 bridgehead atoms. The van der Waals surface area contributed by atoms with Crippen LogP contribution in [0.25, 0.3) is 0 Å². The summed E-state index contributed by atoms with van der Waals surface area (Å²) in [5, 5.41) is 0. The molecule has 0 radical (unpaired) electrons. The van der Waals surface area contributed by atoms with Crippen LogP contribution in [0.1, 0.15) is 33.4 Å². The van der Waals surface area contributed by atoms with Crippen LogP contribution >= 0.6 is 15.9 Å². The molecule has 0 aliphatic carbocycles. The van der Waals surface area contributed by atoms with Crippen LogP contribution in [0.2, 0.25) is 0 Å². The average molecular weight is 383 g/mol. The van der Waals surface area contributed by atoms with Crippen LogP contribution in [0.15, 0.2) is 16.7 Å². The minimum Gasteiger partial charge on any atom is -0.300 e. The second-order valence-corrected chi connectivity index (χ2v) is 8.47. The summed E-state index contributed by atoms with van der Waals surface area (Å²) < 4.78 is 42.4. The Hall–Kier alpha value is -0.730. The Bertz CT molecular complexity index is 566. The summed E-state index contributed by atoms with van der Waals surface area (Å²) in [5.41, 5.74) is -2.15. The van der Waals surface area contributed by atoms with Gasteiger partial charge < -0.3 is 4.79 Å². The molecule has 1 aromatic heterocycles. The molecule has 1 heterocycles. The van der Waals surface area contributed by atoms with Gasteiger partial charge in [0.1, 0.15) is 21.7 Å². The molecule has 1 N–H and O–H groups in total. The van der Waals surface area contributed by atoms with Gasteiger partial charge in [0.05, 0.1) is 15.7 Å². The van der Waals surface area contributed by atoms with Crippen molar-refractivity contribution in [2.24, 2.45) is 0 Å². The molecule has 0 saturated heterocycles. The Morgan fingerprint density at radius 3 is 2.43 bits per heavy atom. The second-order valence-electron chi connectivity index (χ2n) is 5.69. The van der Waals surface area contributed by atoms with Gasteiger partial charge in [-0.1, -0.05) is 0 Å². The number of aromatic nitrogens is 1. The van der Waals surface area contributed by atoms with Crippen molar-refractivity contribution in [2.75, 3.05) is 0 Å². The number of aldehydes is 1. The zero-order valence-corrected chi connectivity index (χ0v) is 14.5. The first-order chi connectivity index (χ1) is 9.52. The van der Waals surface area contributed by atoms with Crippen LogP contribution in [0.3, 0.4) is 0 Å². The van der Waals surface area contributed by atoms with Crippen LogP contribution < -0.4 is 4.72 Å². The van der Waals surface area contributed by atoms with Crippen molar-refractivity contribution in [1.29, 1.82) is 0 Å². The van der Waals surface area contributed by atoms with E-state index in [1.807, 2.05) is 0 Å². The summed E-state index contributed by atoms with van der Waals surface area (Å²) in [6.07, 6.45) is -2.07. The van der Waals surface area contributed by atoms with E-state index in [1.165, 1.54) is 13.0 Å². The molecule has 1 aromatic rings. The highest BCUT2D eigenvalue weighted by molar-refractivity contribution is 9.10. The number of carbonyl (C=O) groups excluding carboxylic acids is 1. The lowest BCUT2D eigenvalue weighted by molar-refractivity contribution is -0.114. The Morgan fingerprint density at radius 2 is 1.95 bits per heavy atom. The zero-order valence-electron chi connectivity index (χ0n) is 12.1. The van der Waals surface area contributed by atoms with Crippen LogP contribution in [0.4, 0.5) is 8.78 Å². The largest absolute Gasteiger partial charge is 0.300 e. The highest BCUT2D eigenvalue weighted by Gasteiger charge is 2.43. The highest BCUT2D eigenvalue weighted by atomic mass is 79.9. The number of carbonyl (C=O) groups is 1. The van der Waals surface area contributed by atoms with E-state index in [0.29, 0.717) is 0 Å². The SMILES string of the molecule is CC(C)(C)[S@@](=O)N[C@](C)(c1nc(Br)ccc1F)[C@@H](F)C=O. The minimum absolute atomic E-state index is 0.0366. The van der Waals surface area contributed by atoms with Gasteiger partial charge in [0.2, 0.25) is 0 Å². The van der Waals surface area contributed by atoms with E-state index < -0.39 is 33.3 Å². The fourth-order valence-electron chi connectivity index (χ4n) is 1.50. The molecule has 0 amide bonds. The molecule has 0 unspecified atom stereocenters. The molecule has 4 nitrogen and oxygen atoms in total. The third-order valence-corrected chi connectivity index (χ3v) is 5.00. The van der Waals surface area contributed by atoms with Crippen molar-refractivity contribution in [3.05, 3.63) is 28.2 Å². The highest BCUT2D eigenvalue weighted by Crippen LogP contribution is 2.30. The van der Waals surface area contributed by atoms with Gasteiger partial charge in [0.15, 0.2) is 12.5 Å². The fourth-order valence-corrected chi connectivity index (χ4v) is 2.71. The van der Waals surface area contributed by atoms with E-state index in [2.05, 4.69) is 25.6 Å². The van der Waals surface area contributed by atoms with Gasteiger partial charge in [-0.3, -0.25) is 0 Å². The second kappa shape index (κ2) is 6.58. The van der Waals surface area contributed by atoms with Crippen molar-refractivity contribution < 1.29 is 17.8 Å². The number of nitrogens with zero attached hydrogens (tertiary/aromatic N) is 1. The Morgan fingerprint density at radius 1 is 1.38 bits per heavy atom. The number of hydrogen-bond acceptors (Lipinski definition) is 3. The molecule has 3 atom stereocenters. The molecule has 0 aromatic carbocycles. The maximum atomic E-state index is 14.1.